The van der Waals surface area contributed by atoms with Crippen molar-refractivity contribution in [3.8, 4) is 11.4 Å². The highest BCUT2D eigenvalue weighted by Gasteiger charge is 2.20. The fourth-order valence-electron chi connectivity index (χ4n) is 4.98. The van der Waals surface area contributed by atoms with Gasteiger partial charge in [0.1, 0.15) is 11.5 Å². The van der Waals surface area contributed by atoms with Crippen LogP contribution in [0.5, 0.6) is 0 Å². The van der Waals surface area contributed by atoms with Crippen molar-refractivity contribution < 1.29 is 9.53 Å². The third-order valence-electron chi connectivity index (χ3n) is 7.33. The number of aryl methyl sites for hydroxylation is 2. The average Bonchev–Trinajstić information content (AvgIpc) is 3.29. The monoisotopic (exact) mass is 536 g/mol. The first-order chi connectivity index (χ1) is 18.8. The van der Waals surface area contributed by atoms with Gasteiger partial charge in [-0.3, -0.25) is 23.6 Å². The summed E-state index contributed by atoms with van der Waals surface area (Å²) < 4.78 is 10.2. The number of carbonyl (C=O) groups excluding carboxylic acids is 1. The van der Waals surface area contributed by atoms with Crippen molar-refractivity contribution in [1.82, 2.24) is 23.6 Å². The van der Waals surface area contributed by atoms with Gasteiger partial charge in [0.05, 0.1) is 13.2 Å². The number of fused-ring (bicyclic) bond motifs is 1. The summed E-state index contributed by atoms with van der Waals surface area (Å²) in [5.41, 5.74) is 8.15. The van der Waals surface area contributed by atoms with E-state index in [2.05, 4.69) is 11.8 Å². The van der Waals surface area contributed by atoms with Crippen LogP contribution in [-0.4, -0.2) is 62.3 Å². The molecule has 0 radical (unpaired) electrons. The van der Waals surface area contributed by atoms with Crippen molar-refractivity contribution in [1.29, 1.82) is 0 Å². The van der Waals surface area contributed by atoms with Crippen LogP contribution in [0.3, 0.4) is 0 Å². The Balaban J connectivity index is 1.67. The smallest absolute Gasteiger partial charge is 0.332 e. The lowest BCUT2D eigenvalue weighted by atomic mass is 10.1. The molecule has 0 saturated carbocycles. The number of aromatic nitrogens is 4. The molecule has 3 aromatic rings. The van der Waals surface area contributed by atoms with Crippen LogP contribution in [0, 0.1) is 0 Å². The van der Waals surface area contributed by atoms with Gasteiger partial charge < -0.3 is 15.0 Å². The van der Waals surface area contributed by atoms with Crippen LogP contribution in [0.2, 0.25) is 0 Å². The van der Waals surface area contributed by atoms with Crippen molar-refractivity contribution >= 4 is 23.1 Å². The highest BCUT2D eigenvalue weighted by molar-refractivity contribution is 5.96. The number of imidazole rings is 1. The largest absolute Gasteiger partial charge is 0.379 e. The molecule has 10 nitrogen and oxygen atoms in total. The molecule has 2 aromatic heterocycles. The van der Waals surface area contributed by atoms with E-state index in [1.165, 1.54) is 4.57 Å². The number of nitrogens with two attached hydrogens (primary N) is 1. The van der Waals surface area contributed by atoms with Gasteiger partial charge in [0.15, 0.2) is 5.52 Å². The fourth-order valence-corrected chi connectivity index (χ4v) is 4.98. The number of hydrogen-bond donors (Lipinski definition) is 1. The minimum Gasteiger partial charge on any atom is -0.379 e. The van der Waals surface area contributed by atoms with Crippen molar-refractivity contribution in [2.24, 2.45) is 12.8 Å². The third kappa shape index (κ3) is 6.39. The van der Waals surface area contributed by atoms with Crippen molar-refractivity contribution in [3.05, 3.63) is 56.2 Å². The number of hydrogen-bond acceptors (Lipinski definition) is 6. The second-order valence-electron chi connectivity index (χ2n) is 10.1. The van der Waals surface area contributed by atoms with Crippen LogP contribution in [-0.2, 0) is 29.7 Å². The molecule has 3 heterocycles. The number of rotatable bonds is 12. The Kier molecular flexibility index (Phi) is 9.53. The Morgan fingerprint density at radius 1 is 1.00 bits per heavy atom. The van der Waals surface area contributed by atoms with E-state index in [9.17, 15) is 14.4 Å². The molecule has 0 aliphatic carbocycles. The van der Waals surface area contributed by atoms with E-state index in [4.69, 9.17) is 15.5 Å². The molecular formula is C29H40N6O4. The number of primary amides is 1. The number of carbonyl (C=O) groups is 1. The van der Waals surface area contributed by atoms with E-state index < -0.39 is 5.91 Å². The van der Waals surface area contributed by atoms with Gasteiger partial charge in [-0.1, -0.05) is 51.0 Å². The highest BCUT2D eigenvalue weighted by atomic mass is 16.5. The first-order valence-corrected chi connectivity index (χ1v) is 14.0. The lowest BCUT2D eigenvalue weighted by Gasteiger charge is -2.26. The maximum atomic E-state index is 13.3. The van der Waals surface area contributed by atoms with E-state index in [1.54, 1.807) is 4.57 Å². The van der Waals surface area contributed by atoms with Crippen LogP contribution in [0.4, 0.5) is 0 Å². The van der Waals surface area contributed by atoms with Gasteiger partial charge in [0.2, 0.25) is 5.91 Å². The van der Waals surface area contributed by atoms with Gasteiger partial charge in [-0.25, -0.2) is 9.78 Å². The van der Waals surface area contributed by atoms with Crippen molar-refractivity contribution in [2.45, 2.75) is 59.0 Å². The van der Waals surface area contributed by atoms with Crippen LogP contribution in [0.1, 0.15) is 51.5 Å². The van der Waals surface area contributed by atoms with Crippen molar-refractivity contribution in [2.75, 3.05) is 32.8 Å². The maximum absolute atomic E-state index is 13.3. The Bertz CT molecular complexity index is 1440. The zero-order chi connectivity index (χ0) is 27.9. The molecule has 39 heavy (non-hydrogen) atoms. The second-order valence-corrected chi connectivity index (χ2v) is 10.1. The van der Waals surface area contributed by atoms with E-state index >= 15 is 0 Å². The van der Waals surface area contributed by atoms with Gasteiger partial charge >= 0.3 is 5.69 Å². The number of ether oxygens (including phenoxy) is 1. The first-order valence-electron chi connectivity index (χ1n) is 14.0. The molecule has 0 bridgehead atoms. The minimum atomic E-state index is -0.424. The van der Waals surface area contributed by atoms with Crippen LogP contribution in [0.15, 0.2) is 39.4 Å². The Labute approximate surface area is 228 Å². The van der Waals surface area contributed by atoms with Gasteiger partial charge in [-0.05, 0) is 30.9 Å². The molecule has 10 heteroatoms. The van der Waals surface area contributed by atoms with Crippen LogP contribution < -0.4 is 17.0 Å². The average molecular weight is 537 g/mol. The molecule has 1 fully saturated rings. The summed E-state index contributed by atoms with van der Waals surface area (Å²) in [7, 11) is 1.84. The summed E-state index contributed by atoms with van der Waals surface area (Å²) in [5.74, 6) is 0.185. The quantitative estimate of drug-likeness (QED) is 0.356. The van der Waals surface area contributed by atoms with Crippen LogP contribution >= 0.6 is 0 Å². The Morgan fingerprint density at radius 2 is 1.64 bits per heavy atom. The van der Waals surface area contributed by atoms with Gasteiger partial charge in [0, 0.05) is 50.9 Å². The van der Waals surface area contributed by atoms with Gasteiger partial charge in [-0.2, -0.15) is 0 Å². The second kappa shape index (κ2) is 13.0. The lowest BCUT2D eigenvalue weighted by molar-refractivity contribution is -0.114. The summed E-state index contributed by atoms with van der Waals surface area (Å²) in [4.78, 5) is 45.7. The zero-order valence-electron chi connectivity index (χ0n) is 23.3. The van der Waals surface area contributed by atoms with Gasteiger partial charge in [-0.15, -0.1) is 0 Å². The predicted molar refractivity (Wildman–Crippen MR) is 154 cm³/mol. The number of benzene rings is 1. The molecule has 0 unspecified atom stereocenters. The molecule has 4 rings (SSSR count). The SMILES string of the molecule is CCCCn1c(=O)c2nc(-c3ccc(/C=C(\CCN4CCOCC4)C(N)=O)cc3)n(C)c2n(CCCC)c1=O. The number of unbranched alkanes of at least 4 members (excludes halogenated alkanes) is 2. The van der Waals surface area contributed by atoms with E-state index in [-0.39, 0.29) is 11.2 Å². The van der Waals surface area contributed by atoms with E-state index in [1.807, 2.05) is 48.9 Å². The Morgan fingerprint density at radius 3 is 2.26 bits per heavy atom. The van der Waals surface area contributed by atoms with Crippen LogP contribution in [0.25, 0.3) is 28.6 Å². The molecule has 1 aliphatic heterocycles. The number of nitrogens with zero attached hydrogens (tertiary/aromatic N) is 5. The zero-order valence-corrected chi connectivity index (χ0v) is 23.3. The molecule has 1 aliphatic rings. The predicted octanol–water partition coefficient (Wildman–Crippen LogP) is 2.75. The normalized spacial score (nSPS) is 14.8. The third-order valence-corrected chi connectivity index (χ3v) is 7.33. The summed E-state index contributed by atoms with van der Waals surface area (Å²) in [6.07, 6.45) is 5.80. The summed E-state index contributed by atoms with van der Waals surface area (Å²) in [6.45, 7) is 8.91. The number of morpholine rings is 1. The van der Waals surface area contributed by atoms with Gasteiger partial charge in [0.25, 0.3) is 5.56 Å². The standard InChI is InChI=1S/C29H40N6O4/c1-4-6-13-34-27-24(28(37)35(29(34)38)14-7-5-2)31-26(32(27)3)22-10-8-21(9-11-22)20-23(25(30)36)12-15-33-16-18-39-19-17-33/h8-11,20H,4-7,12-19H2,1-3H3,(H2,30,36)/b23-20+. The highest BCUT2D eigenvalue weighted by Crippen LogP contribution is 2.23. The summed E-state index contributed by atoms with van der Waals surface area (Å²) in [5, 5.41) is 0. The summed E-state index contributed by atoms with van der Waals surface area (Å²) in [6, 6.07) is 7.65. The molecule has 1 amide bonds. The lowest BCUT2D eigenvalue weighted by Crippen LogP contribution is -2.40. The Hall–Kier alpha value is -3.50. The summed E-state index contributed by atoms with van der Waals surface area (Å²) >= 11 is 0. The maximum Gasteiger partial charge on any atom is 0.332 e. The van der Waals surface area contributed by atoms with Crippen molar-refractivity contribution in [3.63, 3.8) is 0 Å². The molecule has 210 valence electrons. The molecule has 2 N–H and O–H groups in total. The minimum absolute atomic E-state index is 0.277. The molecular weight excluding hydrogens is 496 g/mol. The molecule has 1 aromatic carbocycles. The molecule has 0 atom stereocenters. The van der Waals surface area contributed by atoms with E-state index in [0.717, 1.165) is 56.4 Å². The van der Waals surface area contributed by atoms with E-state index in [0.29, 0.717) is 55.3 Å². The topological polar surface area (TPSA) is 117 Å². The number of amides is 1. The molecule has 0 spiro atoms. The fraction of sp³-hybridized carbons (Fsp3) is 0.517. The molecule has 1 saturated heterocycles. The first kappa shape index (κ1) is 28.5.